The van der Waals surface area contributed by atoms with Crippen molar-refractivity contribution in [3.63, 3.8) is 0 Å². The van der Waals surface area contributed by atoms with E-state index in [0.29, 0.717) is 5.82 Å². The summed E-state index contributed by atoms with van der Waals surface area (Å²) < 4.78 is 53.5. The Labute approximate surface area is 130 Å². The fourth-order valence-electron chi connectivity index (χ4n) is 3.37. The van der Waals surface area contributed by atoms with Gasteiger partial charge in [0.05, 0.1) is 12.0 Å². The van der Waals surface area contributed by atoms with Crippen LogP contribution in [0.2, 0.25) is 0 Å². The highest BCUT2D eigenvalue weighted by Crippen LogP contribution is 2.51. The molecule has 1 aromatic heterocycles. The molecule has 0 saturated heterocycles. The van der Waals surface area contributed by atoms with Crippen molar-refractivity contribution in [3.8, 4) is 0 Å². The number of nitrogens with zero attached hydrogens (tertiary/aromatic N) is 3. The van der Waals surface area contributed by atoms with Crippen LogP contribution in [0.15, 0.2) is 30.3 Å². The van der Waals surface area contributed by atoms with Crippen molar-refractivity contribution in [2.75, 3.05) is 0 Å². The van der Waals surface area contributed by atoms with Gasteiger partial charge in [-0.15, -0.1) is 0 Å². The normalized spacial score (nSPS) is 29.6. The van der Waals surface area contributed by atoms with Crippen molar-refractivity contribution in [2.24, 2.45) is 11.8 Å². The fraction of sp³-hybridized carbons (Fsp3) is 0.500. The second-order valence-corrected chi connectivity index (χ2v) is 6.31. The summed E-state index contributed by atoms with van der Waals surface area (Å²) in [4.78, 5) is 4.15. The molecule has 2 heterocycles. The standard InChI is InChI=1S/C16H15F4N3/c17-12-8-13(9-4-2-1-3-5-9)23-15(12)21-14(22-23)7-10-6-11(10)16(18,19)20/h1-5,10-13H,6-8H2/t10-,11-,12-,13-/m0/s1. The molecule has 4 rings (SSSR count). The molecule has 4 atom stereocenters. The molecule has 0 bridgehead atoms. The first-order valence-electron chi connectivity index (χ1n) is 7.64. The van der Waals surface area contributed by atoms with Gasteiger partial charge in [0.1, 0.15) is 0 Å². The summed E-state index contributed by atoms with van der Waals surface area (Å²) in [6.07, 6.45) is -4.82. The minimum absolute atomic E-state index is 0.120. The highest BCUT2D eigenvalue weighted by molar-refractivity contribution is 5.23. The molecule has 1 fully saturated rings. The Balaban J connectivity index is 1.55. The van der Waals surface area contributed by atoms with Crippen molar-refractivity contribution in [1.29, 1.82) is 0 Å². The number of fused-ring (bicyclic) bond motifs is 1. The molecule has 0 N–H and O–H groups in total. The molecule has 7 heteroatoms. The predicted octanol–water partition coefficient (Wildman–Crippen LogP) is 4.02. The van der Waals surface area contributed by atoms with Crippen LogP contribution < -0.4 is 0 Å². The molecule has 1 aliphatic carbocycles. The lowest BCUT2D eigenvalue weighted by atomic mass is 10.0. The topological polar surface area (TPSA) is 30.7 Å². The lowest BCUT2D eigenvalue weighted by Crippen LogP contribution is -2.13. The summed E-state index contributed by atoms with van der Waals surface area (Å²) in [5.41, 5.74) is 0.935. The molecule has 1 aromatic carbocycles. The van der Waals surface area contributed by atoms with E-state index < -0.39 is 24.2 Å². The minimum Gasteiger partial charge on any atom is -0.239 e. The second-order valence-electron chi connectivity index (χ2n) is 6.31. The Morgan fingerprint density at radius 2 is 1.87 bits per heavy atom. The van der Waals surface area contributed by atoms with E-state index in [0.717, 1.165) is 5.56 Å². The Hall–Kier alpha value is -1.92. The van der Waals surface area contributed by atoms with Crippen molar-refractivity contribution < 1.29 is 17.6 Å². The number of hydrogen-bond donors (Lipinski definition) is 0. The van der Waals surface area contributed by atoms with Crippen LogP contribution in [-0.2, 0) is 6.42 Å². The maximum Gasteiger partial charge on any atom is 0.392 e. The summed E-state index contributed by atoms with van der Waals surface area (Å²) in [5, 5.41) is 4.29. The van der Waals surface area contributed by atoms with Crippen molar-refractivity contribution in [2.45, 2.75) is 37.7 Å². The van der Waals surface area contributed by atoms with Crippen LogP contribution in [-0.4, -0.2) is 20.9 Å². The summed E-state index contributed by atoms with van der Waals surface area (Å²) in [5.74, 6) is -1.17. The Morgan fingerprint density at radius 3 is 2.52 bits per heavy atom. The van der Waals surface area contributed by atoms with Gasteiger partial charge >= 0.3 is 6.18 Å². The van der Waals surface area contributed by atoms with Crippen LogP contribution in [0.25, 0.3) is 0 Å². The molecule has 3 nitrogen and oxygen atoms in total. The molecular formula is C16H15F4N3. The molecule has 0 radical (unpaired) electrons. The first kappa shape index (κ1) is 14.7. The summed E-state index contributed by atoms with van der Waals surface area (Å²) in [6.45, 7) is 0. The zero-order chi connectivity index (χ0) is 16.2. The van der Waals surface area contributed by atoms with E-state index in [2.05, 4.69) is 10.1 Å². The molecule has 0 spiro atoms. The van der Waals surface area contributed by atoms with Gasteiger partial charge in [-0.25, -0.2) is 14.1 Å². The smallest absolute Gasteiger partial charge is 0.239 e. The maximum absolute atomic E-state index is 14.2. The number of halogens is 4. The number of hydrogen-bond acceptors (Lipinski definition) is 2. The van der Waals surface area contributed by atoms with Crippen LogP contribution in [0.1, 0.15) is 42.3 Å². The summed E-state index contributed by atoms with van der Waals surface area (Å²) in [6, 6.07) is 9.18. The van der Waals surface area contributed by atoms with Crippen molar-refractivity contribution in [1.82, 2.24) is 14.8 Å². The largest absolute Gasteiger partial charge is 0.392 e. The van der Waals surface area contributed by atoms with Gasteiger partial charge in [0.25, 0.3) is 0 Å². The first-order chi connectivity index (χ1) is 10.9. The van der Waals surface area contributed by atoms with E-state index in [1.165, 1.54) is 0 Å². The van der Waals surface area contributed by atoms with Gasteiger partial charge in [0, 0.05) is 12.8 Å². The Morgan fingerprint density at radius 1 is 1.13 bits per heavy atom. The molecule has 2 aliphatic rings. The Kier molecular flexibility index (Phi) is 3.21. The Bertz CT molecular complexity index is 710. The van der Waals surface area contributed by atoms with E-state index in [1.807, 2.05) is 30.3 Å². The molecular weight excluding hydrogens is 310 g/mol. The molecule has 2 aromatic rings. The molecule has 23 heavy (non-hydrogen) atoms. The van der Waals surface area contributed by atoms with Gasteiger partial charge in [0.2, 0.25) is 0 Å². The quantitative estimate of drug-likeness (QED) is 0.798. The van der Waals surface area contributed by atoms with Gasteiger partial charge in [-0.2, -0.15) is 18.3 Å². The van der Waals surface area contributed by atoms with Gasteiger partial charge in [0.15, 0.2) is 17.8 Å². The van der Waals surface area contributed by atoms with Crippen molar-refractivity contribution in [3.05, 3.63) is 47.5 Å². The SMILES string of the molecule is F[C@H]1C[C@@H](c2ccccc2)n2nc(C[C@@H]3C[C@@H]3C(F)(F)F)nc21. The lowest BCUT2D eigenvalue weighted by molar-refractivity contribution is -0.150. The highest BCUT2D eigenvalue weighted by Gasteiger charge is 2.55. The molecule has 1 aliphatic heterocycles. The lowest BCUT2D eigenvalue weighted by Gasteiger charge is -2.11. The molecule has 122 valence electrons. The molecule has 0 amide bonds. The zero-order valence-corrected chi connectivity index (χ0v) is 12.2. The molecule has 0 unspecified atom stereocenters. The number of alkyl halides is 4. The van der Waals surface area contributed by atoms with E-state index in [-0.39, 0.29) is 31.1 Å². The van der Waals surface area contributed by atoms with Crippen LogP contribution in [0.3, 0.4) is 0 Å². The van der Waals surface area contributed by atoms with Crippen LogP contribution in [0.5, 0.6) is 0 Å². The van der Waals surface area contributed by atoms with Gasteiger partial charge in [-0.3, -0.25) is 0 Å². The predicted molar refractivity (Wildman–Crippen MR) is 74.4 cm³/mol. The number of aromatic nitrogens is 3. The van der Waals surface area contributed by atoms with Gasteiger partial charge in [-0.05, 0) is 17.9 Å². The minimum atomic E-state index is -4.15. The van der Waals surface area contributed by atoms with Gasteiger partial charge in [-0.1, -0.05) is 30.3 Å². The zero-order valence-electron chi connectivity index (χ0n) is 12.2. The summed E-state index contributed by atoms with van der Waals surface area (Å²) in [7, 11) is 0. The van der Waals surface area contributed by atoms with Crippen LogP contribution >= 0.6 is 0 Å². The summed E-state index contributed by atoms with van der Waals surface area (Å²) >= 11 is 0. The van der Waals surface area contributed by atoms with E-state index in [4.69, 9.17) is 0 Å². The number of rotatable bonds is 3. The first-order valence-corrected chi connectivity index (χ1v) is 7.64. The second kappa shape index (κ2) is 5.04. The van der Waals surface area contributed by atoms with Crippen molar-refractivity contribution >= 4 is 0 Å². The van der Waals surface area contributed by atoms with E-state index in [9.17, 15) is 17.6 Å². The third-order valence-electron chi connectivity index (χ3n) is 4.68. The van der Waals surface area contributed by atoms with E-state index >= 15 is 0 Å². The maximum atomic E-state index is 14.2. The average Bonchev–Trinajstić information content (AvgIpc) is 3.06. The molecule has 1 saturated carbocycles. The third kappa shape index (κ3) is 2.62. The van der Waals surface area contributed by atoms with Crippen LogP contribution in [0.4, 0.5) is 17.6 Å². The average molecular weight is 325 g/mol. The van der Waals surface area contributed by atoms with Gasteiger partial charge < -0.3 is 0 Å². The monoisotopic (exact) mass is 325 g/mol. The van der Waals surface area contributed by atoms with Crippen LogP contribution in [0, 0.1) is 11.8 Å². The highest BCUT2D eigenvalue weighted by atomic mass is 19.4. The fourth-order valence-corrected chi connectivity index (χ4v) is 3.37. The third-order valence-corrected chi connectivity index (χ3v) is 4.68. The number of benzene rings is 1. The van der Waals surface area contributed by atoms with E-state index in [1.54, 1.807) is 4.68 Å².